The summed E-state index contributed by atoms with van der Waals surface area (Å²) in [4.78, 5) is 11.2. The standard InChI is InChI=1S/C11H22N2O2/c1-3-5-11(8-12-6-7-15-11)9-13-10(14)4-2/h12H,3-9H2,1-2H3,(H,13,14). The summed E-state index contributed by atoms with van der Waals surface area (Å²) in [6.45, 7) is 7.11. The minimum Gasteiger partial charge on any atom is -0.371 e. The van der Waals surface area contributed by atoms with Gasteiger partial charge < -0.3 is 15.4 Å². The van der Waals surface area contributed by atoms with Crippen LogP contribution in [0.1, 0.15) is 33.1 Å². The van der Waals surface area contributed by atoms with E-state index >= 15 is 0 Å². The third kappa shape index (κ3) is 3.80. The van der Waals surface area contributed by atoms with E-state index in [9.17, 15) is 4.79 Å². The summed E-state index contributed by atoms with van der Waals surface area (Å²) in [5.74, 6) is 0.0969. The highest BCUT2D eigenvalue weighted by molar-refractivity contribution is 5.75. The lowest BCUT2D eigenvalue weighted by molar-refractivity contribution is -0.124. The smallest absolute Gasteiger partial charge is 0.219 e. The van der Waals surface area contributed by atoms with Gasteiger partial charge in [-0.05, 0) is 6.42 Å². The summed E-state index contributed by atoms with van der Waals surface area (Å²) in [6, 6.07) is 0. The van der Waals surface area contributed by atoms with Crippen LogP contribution < -0.4 is 10.6 Å². The zero-order chi connectivity index (χ0) is 11.1. The van der Waals surface area contributed by atoms with E-state index in [0.717, 1.165) is 32.5 Å². The van der Waals surface area contributed by atoms with Crippen LogP contribution >= 0.6 is 0 Å². The lowest BCUT2D eigenvalue weighted by Crippen LogP contribution is -2.55. The summed E-state index contributed by atoms with van der Waals surface area (Å²) >= 11 is 0. The van der Waals surface area contributed by atoms with Crippen LogP contribution in [-0.4, -0.2) is 37.7 Å². The van der Waals surface area contributed by atoms with Crippen LogP contribution in [0.4, 0.5) is 0 Å². The van der Waals surface area contributed by atoms with E-state index in [1.54, 1.807) is 0 Å². The molecule has 1 saturated heterocycles. The van der Waals surface area contributed by atoms with Gasteiger partial charge in [-0.15, -0.1) is 0 Å². The molecule has 0 aromatic heterocycles. The minimum atomic E-state index is -0.183. The van der Waals surface area contributed by atoms with Gasteiger partial charge in [0.05, 0.1) is 12.2 Å². The third-order valence-corrected chi connectivity index (χ3v) is 2.77. The molecule has 15 heavy (non-hydrogen) atoms. The summed E-state index contributed by atoms with van der Waals surface area (Å²) in [5.41, 5.74) is -0.183. The highest BCUT2D eigenvalue weighted by Crippen LogP contribution is 2.19. The number of carbonyl (C=O) groups is 1. The monoisotopic (exact) mass is 214 g/mol. The maximum absolute atomic E-state index is 11.2. The highest BCUT2D eigenvalue weighted by Gasteiger charge is 2.32. The molecule has 1 amide bonds. The van der Waals surface area contributed by atoms with Crippen molar-refractivity contribution in [2.24, 2.45) is 0 Å². The minimum absolute atomic E-state index is 0.0969. The molecule has 1 heterocycles. The maximum atomic E-state index is 11.2. The molecule has 0 aromatic carbocycles. The molecule has 0 saturated carbocycles. The van der Waals surface area contributed by atoms with Crippen molar-refractivity contribution in [2.45, 2.75) is 38.7 Å². The van der Waals surface area contributed by atoms with E-state index in [0.29, 0.717) is 13.0 Å². The van der Waals surface area contributed by atoms with Gasteiger partial charge in [0.1, 0.15) is 0 Å². The molecular weight excluding hydrogens is 192 g/mol. The molecule has 2 N–H and O–H groups in total. The van der Waals surface area contributed by atoms with Crippen LogP contribution in [0.2, 0.25) is 0 Å². The fraction of sp³-hybridized carbons (Fsp3) is 0.909. The Bertz CT molecular complexity index is 195. The zero-order valence-electron chi connectivity index (χ0n) is 9.77. The number of ether oxygens (including phenoxy) is 1. The highest BCUT2D eigenvalue weighted by atomic mass is 16.5. The number of hydrogen-bond donors (Lipinski definition) is 2. The molecule has 0 aliphatic carbocycles. The number of amides is 1. The Balaban J connectivity index is 2.44. The van der Waals surface area contributed by atoms with Gasteiger partial charge in [0.25, 0.3) is 0 Å². The van der Waals surface area contributed by atoms with Crippen molar-refractivity contribution in [3.05, 3.63) is 0 Å². The topological polar surface area (TPSA) is 50.4 Å². The summed E-state index contributed by atoms with van der Waals surface area (Å²) in [6.07, 6.45) is 2.60. The average Bonchev–Trinajstić information content (AvgIpc) is 2.28. The first kappa shape index (κ1) is 12.5. The second-order valence-corrected chi connectivity index (χ2v) is 4.09. The molecule has 1 aliphatic rings. The van der Waals surface area contributed by atoms with Crippen molar-refractivity contribution in [2.75, 3.05) is 26.2 Å². The predicted molar refractivity (Wildman–Crippen MR) is 59.8 cm³/mol. The predicted octanol–water partition coefficient (Wildman–Crippen LogP) is 0.671. The number of morpholine rings is 1. The van der Waals surface area contributed by atoms with Crippen LogP contribution in [0.25, 0.3) is 0 Å². The van der Waals surface area contributed by atoms with Crippen molar-refractivity contribution in [1.29, 1.82) is 0 Å². The number of hydrogen-bond acceptors (Lipinski definition) is 3. The van der Waals surface area contributed by atoms with Crippen molar-refractivity contribution < 1.29 is 9.53 Å². The zero-order valence-corrected chi connectivity index (χ0v) is 9.77. The fourth-order valence-electron chi connectivity index (χ4n) is 1.91. The molecule has 4 nitrogen and oxygen atoms in total. The maximum Gasteiger partial charge on any atom is 0.219 e. The second-order valence-electron chi connectivity index (χ2n) is 4.09. The molecule has 4 heteroatoms. The lowest BCUT2D eigenvalue weighted by Gasteiger charge is -2.37. The number of nitrogens with one attached hydrogen (secondary N) is 2. The first-order chi connectivity index (χ1) is 7.22. The fourth-order valence-corrected chi connectivity index (χ4v) is 1.91. The van der Waals surface area contributed by atoms with Gasteiger partial charge in [-0.25, -0.2) is 0 Å². The van der Waals surface area contributed by atoms with Crippen molar-refractivity contribution >= 4 is 5.91 Å². The molecule has 1 fully saturated rings. The van der Waals surface area contributed by atoms with Crippen LogP contribution in [0.3, 0.4) is 0 Å². The van der Waals surface area contributed by atoms with Gasteiger partial charge in [0.15, 0.2) is 0 Å². The summed E-state index contributed by atoms with van der Waals surface area (Å²) in [5, 5.41) is 6.25. The Hall–Kier alpha value is -0.610. The molecule has 88 valence electrons. The number of rotatable bonds is 5. The van der Waals surface area contributed by atoms with Crippen molar-refractivity contribution in [1.82, 2.24) is 10.6 Å². The van der Waals surface area contributed by atoms with Crippen molar-refractivity contribution in [3.63, 3.8) is 0 Å². The molecule has 1 atom stereocenters. The van der Waals surface area contributed by atoms with E-state index in [1.165, 1.54) is 0 Å². The Morgan fingerprint density at radius 1 is 1.53 bits per heavy atom. The first-order valence-corrected chi connectivity index (χ1v) is 5.84. The van der Waals surface area contributed by atoms with Gasteiger partial charge in [0, 0.05) is 26.1 Å². The Labute approximate surface area is 91.8 Å². The number of carbonyl (C=O) groups excluding carboxylic acids is 1. The van der Waals surface area contributed by atoms with Crippen LogP contribution in [0.5, 0.6) is 0 Å². The SMILES string of the molecule is CCCC1(CNC(=O)CC)CNCCO1. The molecule has 0 spiro atoms. The normalized spacial score (nSPS) is 26.3. The van der Waals surface area contributed by atoms with Gasteiger partial charge in [-0.2, -0.15) is 0 Å². The third-order valence-electron chi connectivity index (χ3n) is 2.77. The molecular formula is C11H22N2O2. The van der Waals surface area contributed by atoms with Gasteiger partial charge in [0.2, 0.25) is 5.91 Å². The van der Waals surface area contributed by atoms with E-state index in [1.807, 2.05) is 6.92 Å². The first-order valence-electron chi connectivity index (χ1n) is 5.84. The summed E-state index contributed by atoms with van der Waals surface area (Å²) < 4.78 is 5.82. The molecule has 1 rings (SSSR count). The van der Waals surface area contributed by atoms with Crippen molar-refractivity contribution in [3.8, 4) is 0 Å². The molecule has 0 bridgehead atoms. The Kier molecular flexibility index (Phi) is 5.05. The molecule has 1 aliphatic heterocycles. The van der Waals surface area contributed by atoms with Gasteiger partial charge >= 0.3 is 0 Å². The molecule has 0 radical (unpaired) electrons. The Morgan fingerprint density at radius 3 is 2.87 bits per heavy atom. The van der Waals surface area contributed by atoms with E-state index in [2.05, 4.69) is 17.6 Å². The molecule has 0 aromatic rings. The summed E-state index contributed by atoms with van der Waals surface area (Å²) in [7, 11) is 0. The largest absolute Gasteiger partial charge is 0.371 e. The Morgan fingerprint density at radius 2 is 2.33 bits per heavy atom. The van der Waals surface area contributed by atoms with E-state index in [4.69, 9.17) is 4.74 Å². The lowest BCUT2D eigenvalue weighted by atomic mass is 9.96. The second kappa shape index (κ2) is 6.08. The van der Waals surface area contributed by atoms with Crippen LogP contribution in [0.15, 0.2) is 0 Å². The van der Waals surface area contributed by atoms with Gasteiger partial charge in [-0.1, -0.05) is 20.3 Å². The quantitative estimate of drug-likeness (QED) is 0.707. The van der Waals surface area contributed by atoms with Gasteiger partial charge in [-0.3, -0.25) is 4.79 Å². The average molecular weight is 214 g/mol. The van der Waals surface area contributed by atoms with E-state index < -0.39 is 0 Å². The van der Waals surface area contributed by atoms with Crippen LogP contribution in [-0.2, 0) is 9.53 Å². The van der Waals surface area contributed by atoms with E-state index in [-0.39, 0.29) is 11.5 Å². The molecule has 1 unspecified atom stereocenters. The van der Waals surface area contributed by atoms with Crippen LogP contribution in [0, 0.1) is 0 Å².